The molecule has 0 radical (unpaired) electrons. The molecule has 3 saturated carbocycles. The van der Waals surface area contributed by atoms with E-state index >= 15 is 0 Å². The Kier molecular flexibility index (Phi) is 3.74. The zero-order valence-electron chi connectivity index (χ0n) is 15.5. The third-order valence-electron chi connectivity index (χ3n) is 6.19. The monoisotopic (exact) mass is 360 g/mol. The molecule has 0 saturated heterocycles. The molecule has 3 aliphatic carbocycles. The number of rotatable bonds is 6. The second-order valence-corrected chi connectivity index (χ2v) is 8.21. The quantitative estimate of drug-likeness (QED) is 0.661. The van der Waals surface area contributed by atoms with Gasteiger partial charge in [0.1, 0.15) is 5.75 Å². The minimum absolute atomic E-state index is 0.0618. The van der Waals surface area contributed by atoms with Crippen LogP contribution in [0.25, 0.3) is 10.9 Å². The van der Waals surface area contributed by atoms with Crippen LogP contribution >= 0.6 is 0 Å². The molecule has 0 atom stereocenters. The van der Waals surface area contributed by atoms with Crippen molar-refractivity contribution in [2.75, 3.05) is 11.9 Å². The van der Waals surface area contributed by atoms with Crippen LogP contribution in [0.4, 0.5) is 5.69 Å². The Bertz CT molecular complexity index is 986. The predicted molar refractivity (Wildman–Crippen MR) is 107 cm³/mol. The van der Waals surface area contributed by atoms with Crippen LogP contribution in [0, 0.1) is 18.3 Å². The van der Waals surface area contributed by atoms with E-state index in [0.29, 0.717) is 6.61 Å². The van der Waals surface area contributed by atoms with E-state index < -0.39 is 0 Å². The van der Waals surface area contributed by atoms with Crippen LogP contribution in [0.5, 0.6) is 5.75 Å². The molecule has 3 aliphatic rings. The van der Waals surface area contributed by atoms with Crippen LogP contribution < -0.4 is 10.1 Å². The number of ether oxygens (including phenoxy) is 1. The van der Waals surface area contributed by atoms with E-state index in [4.69, 9.17) is 4.74 Å². The van der Waals surface area contributed by atoms with Gasteiger partial charge in [0.25, 0.3) is 0 Å². The fraction of sp³-hybridized carbons (Fsp3) is 0.348. The lowest BCUT2D eigenvalue weighted by molar-refractivity contribution is -0.158. The summed E-state index contributed by atoms with van der Waals surface area (Å²) in [5, 5.41) is 4.23. The molecule has 0 unspecified atom stereocenters. The highest BCUT2D eigenvalue weighted by atomic mass is 16.5. The van der Waals surface area contributed by atoms with Gasteiger partial charge in [-0.05, 0) is 61.9 Å². The number of carbonyl (C=O) groups excluding carboxylic acids is 1. The average Bonchev–Trinajstić information content (AvgIpc) is 2.96. The Hall–Kier alpha value is -2.75. The van der Waals surface area contributed by atoms with E-state index in [-0.39, 0.29) is 11.3 Å². The fourth-order valence-corrected chi connectivity index (χ4v) is 4.36. The maximum Gasteiger partial charge on any atom is 0.230 e. The van der Waals surface area contributed by atoms with Gasteiger partial charge in [-0.3, -0.25) is 4.79 Å². The van der Waals surface area contributed by atoms with E-state index in [9.17, 15) is 4.79 Å². The summed E-state index contributed by atoms with van der Waals surface area (Å²) in [6.07, 6.45) is 5.95. The molecule has 3 aromatic rings. The molecule has 2 aromatic carbocycles. The van der Waals surface area contributed by atoms with Crippen molar-refractivity contribution in [2.24, 2.45) is 11.3 Å². The minimum Gasteiger partial charge on any atom is -0.493 e. The van der Waals surface area contributed by atoms with Crippen molar-refractivity contribution in [1.29, 1.82) is 0 Å². The Morgan fingerprint density at radius 1 is 1.19 bits per heavy atom. The zero-order chi connectivity index (χ0) is 18.4. The first kappa shape index (κ1) is 16.4. The minimum atomic E-state index is -0.0618. The number of aromatic nitrogens is 1. The van der Waals surface area contributed by atoms with Gasteiger partial charge in [0.15, 0.2) is 0 Å². The molecule has 138 valence electrons. The molecule has 1 heterocycles. The van der Waals surface area contributed by atoms with Crippen LogP contribution in [-0.2, 0) is 11.2 Å². The third kappa shape index (κ3) is 2.89. The Morgan fingerprint density at radius 3 is 2.67 bits per heavy atom. The summed E-state index contributed by atoms with van der Waals surface area (Å²) in [7, 11) is 0. The van der Waals surface area contributed by atoms with Crippen molar-refractivity contribution in [2.45, 2.75) is 32.6 Å². The summed E-state index contributed by atoms with van der Waals surface area (Å²) in [6, 6.07) is 14.5. The van der Waals surface area contributed by atoms with Crippen molar-refractivity contribution < 1.29 is 9.53 Å². The summed E-state index contributed by atoms with van der Waals surface area (Å²) >= 11 is 0. The Morgan fingerprint density at radius 2 is 1.96 bits per heavy atom. The smallest absolute Gasteiger partial charge is 0.230 e. The van der Waals surface area contributed by atoms with Gasteiger partial charge < -0.3 is 15.0 Å². The first-order valence-corrected chi connectivity index (χ1v) is 9.72. The molecule has 4 nitrogen and oxygen atoms in total. The van der Waals surface area contributed by atoms with E-state index in [1.807, 2.05) is 18.3 Å². The summed E-state index contributed by atoms with van der Waals surface area (Å²) in [4.78, 5) is 15.9. The lowest BCUT2D eigenvalue weighted by Gasteiger charge is -2.60. The molecule has 3 fully saturated rings. The molecular formula is C23H24N2O2. The SMILES string of the molecule is Cc1ccc(OCCc2ccc3[nH]cc(NC(=O)C45CC(C4)C5)c3c2)cc1. The predicted octanol–water partition coefficient (Wildman–Crippen LogP) is 4.84. The Balaban J connectivity index is 1.26. The number of aryl methyl sites for hydroxylation is 1. The van der Waals surface area contributed by atoms with Crippen LogP contribution in [0.2, 0.25) is 0 Å². The van der Waals surface area contributed by atoms with Crippen molar-refractivity contribution in [3.63, 3.8) is 0 Å². The summed E-state index contributed by atoms with van der Waals surface area (Å²) in [6.45, 7) is 2.70. The largest absolute Gasteiger partial charge is 0.493 e. The first-order valence-electron chi connectivity index (χ1n) is 9.72. The zero-order valence-corrected chi connectivity index (χ0v) is 15.5. The van der Waals surface area contributed by atoms with Gasteiger partial charge in [-0.2, -0.15) is 0 Å². The van der Waals surface area contributed by atoms with E-state index in [0.717, 1.165) is 53.9 Å². The number of aromatic amines is 1. The fourth-order valence-electron chi connectivity index (χ4n) is 4.36. The molecule has 6 rings (SSSR count). The second-order valence-electron chi connectivity index (χ2n) is 8.21. The maximum atomic E-state index is 12.6. The highest BCUT2D eigenvalue weighted by Gasteiger charge is 2.61. The molecule has 4 heteroatoms. The molecule has 0 aliphatic heterocycles. The van der Waals surface area contributed by atoms with Crippen LogP contribution in [-0.4, -0.2) is 17.5 Å². The lowest BCUT2D eigenvalue weighted by atomic mass is 9.44. The van der Waals surface area contributed by atoms with Gasteiger partial charge >= 0.3 is 0 Å². The van der Waals surface area contributed by atoms with Crippen LogP contribution in [0.3, 0.4) is 0 Å². The summed E-state index contributed by atoms with van der Waals surface area (Å²) in [5.41, 5.74) is 4.31. The third-order valence-corrected chi connectivity index (χ3v) is 6.19. The van der Waals surface area contributed by atoms with Crippen molar-refractivity contribution in [3.05, 3.63) is 59.8 Å². The lowest BCUT2D eigenvalue weighted by Crippen LogP contribution is -2.58. The molecule has 2 N–H and O–H groups in total. The number of benzene rings is 2. The van der Waals surface area contributed by atoms with Gasteiger partial charge in [-0.1, -0.05) is 23.8 Å². The first-order chi connectivity index (χ1) is 13.1. The number of fused-ring (bicyclic) bond motifs is 1. The van der Waals surface area contributed by atoms with E-state index in [1.165, 1.54) is 11.1 Å². The number of hydrogen-bond donors (Lipinski definition) is 2. The second kappa shape index (κ2) is 6.15. The Labute approximate surface area is 158 Å². The summed E-state index contributed by atoms with van der Waals surface area (Å²) < 4.78 is 5.85. The molecule has 2 bridgehead atoms. The highest BCUT2D eigenvalue weighted by molar-refractivity contribution is 6.04. The number of amides is 1. The molecule has 0 spiro atoms. The van der Waals surface area contributed by atoms with E-state index in [2.05, 4.69) is 47.6 Å². The number of nitrogens with one attached hydrogen (secondary N) is 2. The highest BCUT2D eigenvalue weighted by Crippen LogP contribution is 2.64. The normalized spacial score (nSPS) is 22.8. The molecule has 1 aromatic heterocycles. The van der Waals surface area contributed by atoms with Gasteiger partial charge in [0.05, 0.1) is 17.7 Å². The van der Waals surface area contributed by atoms with Crippen LogP contribution in [0.1, 0.15) is 30.4 Å². The topological polar surface area (TPSA) is 54.1 Å². The van der Waals surface area contributed by atoms with Gasteiger partial charge in [0, 0.05) is 23.5 Å². The van der Waals surface area contributed by atoms with Crippen LogP contribution in [0.15, 0.2) is 48.7 Å². The van der Waals surface area contributed by atoms with Crippen molar-refractivity contribution in [3.8, 4) is 5.75 Å². The standard InChI is InChI=1S/C23H24N2O2/c1-15-2-5-18(6-3-15)27-9-8-16-4-7-20-19(10-16)21(14-24-20)25-22(26)23-11-17(12-23)13-23/h2-7,10,14,17,24H,8-9,11-13H2,1H3,(H,25,26). The number of hydrogen-bond acceptors (Lipinski definition) is 2. The molecular weight excluding hydrogens is 336 g/mol. The average molecular weight is 360 g/mol. The van der Waals surface area contributed by atoms with Gasteiger partial charge in [-0.25, -0.2) is 0 Å². The number of H-pyrrole nitrogens is 1. The van der Waals surface area contributed by atoms with Crippen molar-refractivity contribution >= 4 is 22.5 Å². The number of anilines is 1. The molecule has 1 amide bonds. The number of carbonyl (C=O) groups is 1. The van der Waals surface area contributed by atoms with Gasteiger partial charge in [0.2, 0.25) is 5.91 Å². The van der Waals surface area contributed by atoms with Gasteiger partial charge in [-0.15, -0.1) is 0 Å². The summed E-state index contributed by atoms with van der Waals surface area (Å²) in [5.74, 6) is 1.90. The maximum absolute atomic E-state index is 12.6. The molecule has 27 heavy (non-hydrogen) atoms. The van der Waals surface area contributed by atoms with Crippen molar-refractivity contribution in [1.82, 2.24) is 4.98 Å². The van der Waals surface area contributed by atoms with E-state index in [1.54, 1.807) is 0 Å².